The van der Waals surface area contributed by atoms with Gasteiger partial charge in [-0.3, -0.25) is 4.79 Å². The molecule has 2 aliphatic carbocycles. The van der Waals surface area contributed by atoms with Gasteiger partial charge in [0.1, 0.15) is 0 Å². The lowest BCUT2D eigenvalue weighted by Gasteiger charge is -2.41. The third kappa shape index (κ3) is 5.28. The molecule has 2 unspecified atom stereocenters. The molecule has 2 fully saturated rings. The topological polar surface area (TPSA) is 41.1 Å². The molecular formula is C18H34N2O. The Bertz CT molecular complexity index is 329. The molecule has 122 valence electrons. The van der Waals surface area contributed by atoms with E-state index in [1.165, 1.54) is 51.4 Å². The van der Waals surface area contributed by atoms with Gasteiger partial charge in [0.25, 0.3) is 0 Å². The minimum atomic E-state index is 0.234. The number of carbonyl (C=O) groups is 1. The van der Waals surface area contributed by atoms with Gasteiger partial charge in [-0.2, -0.15) is 0 Å². The summed E-state index contributed by atoms with van der Waals surface area (Å²) in [7, 11) is 0. The van der Waals surface area contributed by atoms with Gasteiger partial charge in [-0.15, -0.1) is 0 Å². The fourth-order valence-corrected chi connectivity index (χ4v) is 4.15. The maximum absolute atomic E-state index is 12.0. The zero-order valence-corrected chi connectivity index (χ0v) is 14.2. The summed E-state index contributed by atoms with van der Waals surface area (Å²) in [4.78, 5) is 12.0. The van der Waals surface area contributed by atoms with Gasteiger partial charge in [-0.1, -0.05) is 46.5 Å². The maximum Gasteiger partial charge on any atom is 0.221 e. The first-order chi connectivity index (χ1) is 9.97. The van der Waals surface area contributed by atoms with E-state index in [4.69, 9.17) is 0 Å². The average Bonchev–Trinajstić information content (AvgIpc) is 2.91. The maximum atomic E-state index is 12.0. The summed E-state index contributed by atoms with van der Waals surface area (Å²) < 4.78 is 0. The van der Waals surface area contributed by atoms with E-state index in [9.17, 15) is 4.79 Å². The van der Waals surface area contributed by atoms with Crippen molar-refractivity contribution in [3.05, 3.63) is 0 Å². The van der Waals surface area contributed by atoms with Crippen molar-refractivity contribution in [2.24, 2.45) is 11.3 Å². The molecule has 0 aromatic carbocycles. The van der Waals surface area contributed by atoms with E-state index in [-0.39, 0.29) is 5.91 Å². The van der Waals surface area contributed by atoms with E-state index in [2.05, 4.69) is 31.4 Å². The van der Waals surface area contributed by atoms with Crippen LogP contribution in [0.1, 0.15) is 78.6 Å². The van der Waals surface area contributed by atoms with Crippen molar-refractivity contribution in [1.29, 1.82) is 0 Å². The summed E-state index contributed by atoms with van der Waals surface area (Å²) in [6.07, 6.45) is 10.8. The number of nitrogens with one attached hydrogen (secondary N) is 2. The second kappa shape index (κ2) is 7.62. The monoisotopic (exact) mass is 294 g/mol. The van der Waals surface area contributed by atoms with Gasteiger partial charge >= 0.3 is 0 Å². The Morgan fingerprint density at radius 1 is 1.00 bits per heavy atom. The van der Waals surface area contributed by atoms with Gasteiger partial charge in [-0.05, 0) is 37.0 Å². The molecule has 0 saturated heterocycles. The highest BCUT2D eigenvalue weighted by Gasteiger charge is 2.33. The molecule has 2 saturated carbocycles. The smallest absolute Gasteiger partial charge is 0.221 e. The van der Waals surface area contributed by atoms with Crippen LogP contribution in [0.2, 0.25) is 0 Å². The SMILES string of the molecule is CC(C)(C)C1CCCCC1NCCC(=O)NC1CCCC1. The van der Waals surface area contributed by atoms with Crippen molar-refractivity contribution in [2.75, 3.05) is 6.54 Å². The van der Waals surface area contributed by atoms with Gasteiger partial charge in [-0.25, -0.2) is 0 Å². The first-order valence-electron chi connectivity index (χ1n) is 8.99. The highest BCUT2D eigenvalue weighted by atomic mass is 16.1. The molecule has 0 aliphatic heterocycles. The van der Waals surface area contributed by atoms with Crippen LogP contribution in [0.5, 0.6) is 0 Å². The molecule has 0 bridgehead atoms. The Kier molecular flexibility index (Phi) is 6.09. The second-order valence-corrected chi connectivity index (χ2v) is 8.12. The largest absolute Gasteiger partial charge is 0.353 e. The Morgan fingerprint density at radius 3 is 2.29 bits per heavy atom. The number of hydrogen-bond donors (Lipinski definition) is 2. The first kappa shape index (κ1) is 16.8. The van der Waals surface area contributed by atoms with Crippen molar-refractivity contribution in [3.8, 4) is 0 Å². The summed E-state index contributed by atoms with van der Waals surface area (Å²) >= 11 is 0. The molecule has 2 aliphatic rings. The van der Waals surface area contributed by atoms with E-state index in [0.717, 1.165) is 12.5 Å². The van der Waals surface area contributed by atoms with E-state index < -0.39 is 0 Å². The molecule has 2 N–H and O–H groups in total. The number of carbonyl (C=O) groups excluding carboxylic acids is 1. The normalized spacial score (nSPS) is 27.8. The third-order valence-corrected chi connectivity index (χ3v) is 5.36. The zero-order valence-electron chi connectivity index (χ0n) is 14.2. The Labute approximate surface area is 130 Å². The lowest BCUT2D eigenvalue weighted by molar-refractivity contribution is -0.121. The van der Waals surface area contributed by atoms with Crippen LogP contribution in [0.4, 0.5) is 0 Å². The lowest BCUT2D eigenvalue weighted by Crippen LogP contribution is -2.45. The summed E-state index contributed by atoms with van der Waals surface area (Å²) in [5.41, 5.74) is 0.365. The van der Waals surface area contributed by atoms with Gasteiger partial charge in [0.05, 0.1) is 0 Å². The Morgan fingerprint density at radius 2 is 1.62 bits per heavy atom. The molecule has 2 atom stereocenters. The minimum absolute atomic E-state index is 0.234. The molecule has 0 radical (unpaired) electrons. The Balaban J connectivity index is 1.69. The fraction of sp³-hybridized carbons (Fsp3) is 0.944. The van der Waals surface area contributed by atoms with Crippen LogP contribution in [0.3, 0.4) is 0 Å². The van der Waals surface area contributed by atoms with E-state index >= 15 is 0 Å². The van der Waals surface area contributed by atoms with Crippen molar-refractivity contribution < 1.29 is 4.79 Å². The summed E-state index contributed by atoms with van der Waals surface area (Å²) in [6.45, 7) is 7.88. The van der Waals surface area contributed by atoms with Crippen molar-refractivity contribution in [1.82, 2.24) is 10.6 Å². The first-order valence-corrected chi connectivity index (χ1v) is 8.99. The number of rotatable bonds is 5. The van der Waals surface area contributed by atoms with Crippen LogP contribution in [0.25, 0.3) is 0 Å². The van der Waals surface area contributed by atoms with Gasteiger partial charge in [0.2, 0.25) is 5.91 Å². The van der Waals surface area contributed by atoms with E-state index in [1.807, 2.05) is 0 Å². The molecule has 2 rings (SSSR count). The predicted molar refractivity (Wildman–Crippen MR) is 88.2 cm³/mol. The van der Waals surface area contributed by atoms with E-state index in [0.29, 0.717) is 23.9 Å². The standard InChI is InChI=1S/C18H34N2O/c1-18(2,3)15-10-6-7-11-16(15)19-13-12-17(21)20-14-8-4-5-9-14/h14-16,19H,4-13H2,1-3H3,(H,20,21). The molecule has 0 aromatic rings. The zero-order chi connectivity index (χ0) is 15.3. The molecular weight excluding hydrogens is 260 g/mol. The third-order valence-electron chi connectivity index (χ3n) is 5.36. The summed E-state index contributed by atoms with van der Waals surface area (Å²) in [5, 5.41) is 6.85. The fourth-order valence-electron chi connectivity index (χ4n) is 4.15. The number of hydrogen-bond acceptors (Lipinski definition) is 2. The minimum Gasteiger partial charge on any atom is -0.353 e. The highest BCUT2D eigenvalue weighted by Crippen LogP contribution is 2.37. The molecule has 1 amide bonds. The predicted octanol–water partition coefficient (Wildman–Crippen LogP) is 3.63. The average molecular weight is 294 g/mol. The summed E-state index contributed by atoms with van der Waals surface area (Å²) in [6, 6.07) is 1.05. The van der Waals surface area contributed by atoms with Crippen LogP contribution in [0.15, 0.2) is 0 Å². The van der Waals surface area contributed by atoms with Gasteiger partial charge < -0.3 is 10.6 Å². The van der Waals surface area contributed by atoms with Crippen LogP contribution in [-0.4, -0.2) is 24.5 Å². The lowest BCUT2D eigenvalue weighted by atomic mass is 9.69. The van der Waals surface area contributed by atoms with Crippen LogP contribution in [0, 0.1) is 11.3 Å². The van der Waals surface area contributed by atoms with Crippen LogP contribution < -0.4 is 10.6 Å². The molecule has 0 aromatic heterocycles. The second-order valence-electron chi connectivity index (χ2n) is 8.12. The van der Waals surface area contributed by atoms with Crippen LogP contribution >= 0.6 is 0 Å². The van der Waals surface area contributed by atoms with Crippen molar-refractivity contribution in [3.63, 3.8) is 0 Å². The number of amides is 1. The van der Waals surface area contributed by atoms with Crippen molar-refractivity contribution in [2.45, 2.75) is 90.6 Å². The van der Waals surface area contributed by atoms with Crippen LogP contribution in [-0.2, 0) is 4.79 Å². The van der Waals surface area contributed by atoms with Gasteiger partial charge in [0, 0.05) is 25.0 Å². The molecule has 3 heteroatoms. The molecule has 3 nitrogen and oxygen atoms in total. The molecule has 0 spiro atoms. The van der Waals surface area contributed by atoms with Crippen molar-refractivity contribution >= 4 is 5.91 Å². The van der Waals surface area contributed by atoms with E-state index in [1.54, 1.807) is 0 Å². The summed E-state index contributed by atoms with van der Waals surface area (Å²) in [5.74, 6) is 0.974. The van der Waals surface area contributed by atoms with Gasteiger partial charge in [0.15, 0.2) is 0 Å². The Hall–Kier alpha value is -0.570. The highest BCUT2D eigenvalue weighted by molar-refractivity contribution is 5.76. The molecule has 21 heavy (non-hydrogen) atoms. The quantitative estimate of drug-likeness (QED) is 0.813. The molecule has 0 heterocycles.